The number of carboxylic acid groups (broad SMARTS) is 1. The molecule has 0 bridgehead atoms. The lowest BCUT2D eigenvalue weighted by molar-refractivity contribution is -0.139. The average molecular weight is 217 g/mol. The Balaban J connectivity index is 3.99. The van der Waals surface area contributed by atoms with Crippen molar-refractivity contribution >= 4 is 17.9 Å². The van der Waals surface area contributed by atoms with Crippen molar-refractivity contribution in [1.29, 1.82) is 0 Å². The summed E-state index contributed by atoms with van der Waals surface area (Å²) in [7, 11) is 0. The molecule has 5 N–H and O–H groups in total. The molecule has 7 nitrogen and oxygen atoms in total. The van der Waals surface area contributed by atoms with Crippen molar-refractivity contribution in [2.45, 2.75) is 25.8 Å². The SMILES string of the molecule is CCCC(NC(=O)NCC(N)=O)C(=O)O. The molecule has 0 fully saturated rings. The number of primary amides is 1. The molecule has 0 aliphatic rings. The maximum atomic E-state index is 11.0. The average Bonchev–Trinajstić information content (AvgIpc) is 2.14. The zero-order chi connectivity index (χ0) is 11.8. The van der Waals surface area contributed by atoms with Crippen molar-refractivity contribution in [3.05, 3.63) is 0 Å². The van der Waals surface area contributed by atoms with Crippen molar-refractivity contribution in [3.8, 4) is 0 Å². The van der Waals surface area contributed by atoms with Crippen LogP contribution in [0.2, 0.25) is 0 Å². The van der Waals surface area contributed by atoms with Crippen LogP contribution < -0.4 is 16.4 Å². The van der Waals surface area contributed by atoms with E-state index in [-0.39, 0.29) is 6.54 Å². The number of carboxylic acids is 1. The van der Waals surface area contributed by atoms with Crippen LogP contribution in [0.5, 0.6) is 0 Å². The smallest absolute Gasteiger partial charge is 0.326 e. The first-order chi connectivity index (χ1) is 6.97. The summed E-state index contributed by atoms with van der Waals surface area (Å²) < 4.78 is 0. The molecule has 0 aliphatic carbocycles. The number of aliphatic carboxylic acids is 1. The Kier molecular flexibility index (Phi) is 5.84. The summed E-state index contributed by atoms with van der Waals surface area (Å²) in [5, 5.41) is 13.0. The van der Waals surface area contributed by atoms with Gasteiger partial charge in [0, 0.05) is 0 Å². The molecular weight excluding hydrogens is 202 g/mol. The summed E-state index contributed by atoms with van der Waals surface area (Å²) in [6.07, 6.45) is 0.965. The molecule has 7 heteroatoms. The van der Waals surface area contributed by atoms with E-state index in [1.54, 1.807) is 6.92 Å². The van der Waals surface area contributed by atoms with Gasteiger partial charge in [-0.2, -0.15) is 0 Å². The van der Waals surface area contributed by atoms with Crippen LogP contribution in [0.1, 0.15) is 19.8 Å². The Morgan fingerprint density at radius 3 is 2.40 bits per heavy atom. The Bertz CT molecular complexity index is 254. The fourth-order valence-corrected chi connectivity index (χ4v) is 0.923. The lowest BCUT2D eigenvalue weighted by atomic mass is 10.2. The number of hydrogen-bond acceptors (Lipinski definition) is 3. The predicted octanol–water partition coefficient (Wildman–Crippen LogP) is -0.976. The molecule has 0 aromatic rings. The van der Waals surface area contributed by atoms with E-state index in [4.69, 9.17) is 10.8 Å². The standard InChI is InChI=1S/C8H15N3O4/c1-2-3-5(7(13)14)11-8(15)10-4-6(9)12/h5H,2-4H2,1H3,(H2,9,12)(H,13,14)(H2,10,11,15). The summed E-state index contributed by atoms with van der Waals surface area (Å²) in [4.78, 5) is 32.0. The minimum absolute atomic E-state index is 0.315. The van der Waals surface area contributed by atoms with Crippen LogP contribution >= 0.6 is 0 Å². The molecule has 0 saturated heterocycles. The van der Waals surface area contributed by atoms with Gasteiger partial charge in [0.15, 0.2) is 0 Å². The molecule has 0 aromatic heterocycles. The van der Waals surface area contributed by atoms with Crippen LogP contribution in [0.15, 0.2) is 0 Å². The first-order valence-electron chi connectivity index (χ1n) is 4.52. The molecule has 1 unspecified atom stereocenters. The highest BCUT2D eigenvalue weighted by molar-refractivity contribution is 5.85. The van der Waals surface area contributed by atoms with Gasteiger partial charge in [-0.1, -0.05) is 13.3 Å². The Hall–Kier alpha value is -1.79. The molecule has 0 rings (SSSR count). The van der Waals surface area contributed by atoms with Gasteiger partial charge in [0.05, 0.1) is 6.54 Å². The number of hydrogen-bond donors (Lipinski definition) is 4. The molecule has 0 spiro atoms. The summed E-state index contributed by atoms with van der Waals surface area (Å²) in [6.45, 7) is 1.49. The monoisotopic (exact) mass is 217 g/mol. The first kappa shape index (κ1) is 13.2. The fraction of sp³-hybridized carbons (Fsp3) is 0.625. The van der Waals surface area contributed by atoms with Crippen molar-refractivity contribution in [2.24, 2.45) is 5.73 Å². The van der Waals surface area contributed by atoms with Gasteiger partial charge in [-0.05, 0) is 6.42 Å². The molecule has 3 amide bonds. The molecule has 1 atom stereocenters. The zero-order valence-electron chi connectivity index (χ0n) is 8.45. The highest BCUT2D eigenvalue weighted by Crippen LogP contribution is 1.96. The third-order valence-electron chi connectivity index (χ3n) is 1.60. The van der Waals surface area contributed by atoms with Gasteiger partial charge in [-0.15, -0.1) is 0 Å². The maximum Gasteiger partial charge on any atom is 0.326 e. The first-order valence-corrected chi connectivity index (χ1v) is 4.52. The van der Waals surface area contributed by atoms with Crippen LogP contribution in [0, 0.1) is 0 Å². The lowest BCUT2D eigenvalue weighted by Crippen LogP contribution is -2.47. The number of rotatable bonds is 6. The second kappa shape index (κ2) is 6.63. The third-order valence-corrected chi connectivity index (χ3v) is 1.60. The molecule has 0 aromatic carbocycles. The van der Waals surface area contributed by atoms with Crippen LogP contribution in [0.3, 0.4) is 0 Å². The van der Waals surface area contributed by atoms with E-state index < -0.39 is 23.9 Å². The topological polar surface area (TPSA) is 122 Å². The van der Waals surface area contributed by atoms with Gasteiger partial charge in [0.1, 0.15) is 6.04 Å². The van der Waals surface area contributed by atoms with E-state index in [0.717, 1.165) is 0 Å². The molecule has 0 aliphatic heterocycles. The van der Waals surface area contributed by atoms with Gasteiger partial charge >= 0.3 is 12.0 Å². The van der Waals surface area contributed by atoms with Crippen LogP contribution in [0.25, 0.3) is 0 Å². The summed E-state index contributed by atoms with van der Waals surface area (Å²) in [5.41, 5.74) is 4.79. The van der Waals surface area contributed by atoms with E-state index in [1.807, 2.05) is 0 Å². The van der Waals surface area contributed by atoms with E-state index in [2.05, 4.69) is 10.6 Å². The van der Waals surface area contributed by atoms with Gasteiger partial charge in [-0.3, -0.25) is 4.79 Å². The quantitative estimate of drug-likeness (QED) is 0.457. The minimum Gasteiger partial charge on any atom is -0.480 e. The third kappa shape index (κ3) is 6.30. The summed E-state index contributed by atoms with van der Waals surface area (Å²) in [5.74, 6) is -1.79. The van der Waals surface area contributed by atoms with Crippen LogP contribution in [0.4, 0.5) is 4.79 Å². The van der Waals surface area contributed by atoms with Gasteiger partial charge in [0.25, 0.3) is 0 Å². The Morgan fingerprint density at radius 1 is 1.40 bits per heavy atom. The van der Waals surface area contributed by atoms with Gasteiger partial charge in [0.2, 0.25) is 5.91 Å². The van der Waals surface area contributed by atoms with Crippen molar-refractivity contribution in [1.82, 2.24) is 10.6 Å². The van der Waals surface area contributed by atoms with E-state index in [0.29, 0.717) is 12.8 Å². The number of carbonyl (C=O) groups is 3. The highest BCUT2D eigenvalue weighted by atomic mass is 16.4. The van der Waals surface area contributed by atoms with Crippen molar-refractivity contribution in [3.63, 3.8) is 0 Å². The van der Waals surface area contributed by atoms with Gasteiger partial charge in [-0.25, -0.2) is 9.59 Å². The van der Waals surface area contributed by atoms with Gasteiger partial charge < -0.3 is 21.5 Å². The van der Waals surface area contributed by atoms with E-state index in [9.17, 15) is 14.4 Å². The van der Waals surface area contributed by atoms with Crippen LogP contribution in [-0.2, 0) is 9.59 Å². The second-order valence-electron chi connectivity index (χ2n) is 2.97. The zero-order valence-corrected chi connectivity index (χ0v) is 8.45. The van der Waals surface area contributed by atoms with E-state index in [1.165, 1.54) is 0 Å². The number of nitrogens with two attached hydrogens (primary N) is 1. The van der Waals surface area contributed by atoms with Crippen molar-refractivity contribution in [2.75, 3.05) is 6.54 Å². The molecular formula is C8H15N3O4. The van der Waals surface area contributed by atoms with E-state index >= 15 is 0 Å². The Morgan fingerprint density at radius 2 is 2.00 bits per heavy atom. The summed E-state index contributed by atoms with van der Waals surface area (Å²) in [6, 6.07) is -1.66. The molecule has 86 valence electrons. The predicted molar refractivity (Wildman–Crippen MR) is 52.1 cm³/mol. The molecule has 15 heavy (non-hydrogen) atoms. The number of nitrogens with one attached hydrogen (secondary N) is 2. The normalized spacial score (nSPS) is 11.5. The Labute approximate surface area is 87.0 Å². The van der Waals surface area contributed by atoms with Crippen LogP contribution in [-0.4, -0.2) is 35.6 Å². The number of carbonyl (C=O) groups excluding carboxylic acids is 2. The maximum absolute atomic E-state index is 11.0. The lowest BCUT2D eigenvalue weighted by Gasteiger charge is -2.13. The largest absolute Gasteiger partial charge is 0.480 e. The molecule has 0 heterocycles. The minimum atomic E-state index is -1.11. The second-order valence-corrected chi connectivity index (χ2v) is 2.97. The highest BCUT2D eigenvalue weighted by Gasteiger charge is 2.18. The number of urea groups is 1. The van der Waals surface area contributed by atoms with Crippen molar-refractivity contribution < 1.29 is 19.5 Å². The fourth-order valence-electron chi connectivity index (χ4n) is 0.923. The summed E-state index contributed by atoms with van der Waals surface area (Å²) >= 11 is 0. The molecule has 0 saturated carbocycles. The number of amides is 3. The molecule has 0 radical (unpaired) electrons.